The van der Waals surface area contributed by atoms with E-state index in [0.29, 0.717) is 19.3 Å². The van der Waals surface area contributed by atoms with Crippen LogP contribution in [0, 0.1) is 0 Å². The lowest BCUT2D eigenvalue weighted by molar-refractivity contribution is -0.361. The second-order valence-corrected chi connectivity index (χ2v) is 14.0. The quantitative estimate of drug-likeness (QED) is 0.0360. The Morgan fingerprint density at radius 1 is 0.611 bits per heavy atom. The molecule has 12 unspecified atom stereocenters. The van der Waals surface area contributed by atoms with Crippen LogP contribution in [0.5, 0.6) is 0 Å². The molecule has 314 valence electrons. The summed E-state index contributed by atoms with van der Waals surface area (Å²) in [6.45, 7) is 1.76. The number of hydrogen-bond donors (Lipinski definition) is 7. The van der Waals surface area contributed by atoms with Gasteiger partial charge in [0.05, 0.1) is 19.3 Å². The van der Waals surface area contributed by atoms with Crippen molar-refractivity contribution in [2.45, 2.75) is 184 Å². The van der Waals surface area contributed by atoms with Crippen LogP contribution in [0.15, 0.2) is 0 Å². The standard InChI is InChI=1S/C36H62O18/c1-21(38)48-20-27-31(54-36-33(51-23(3)40)32(50-22(2)39)28(43)26(18-37)52-36)29(44)30(45)35(53-27)49-19-24(41)16-14-12-10-8-6-4-5-7-9-11-13-15-17-25(42)34(46)47/h24-33,35-37,41-45H,4-20H2,1-3H3,(H,46,47). The third-order valence-corrected chi connectivity index (χ3v) is 9.29. The Hall–Kier alpha value is -2.52. The van der Waals surface area contributed by atoms with E-state index in [1.54, 1.807) is 0 Å². The lowest BCUT2D eigenvalue weighted by atomic mass is 9.96. The Bertz CT molecular complexity index is 1110. The molecule has 2 fully saturated rings. The van der Waals surface area contributed by atoms with Crippen LogP contribution in [0.2, 0.25) is 0 Å². The predicted octanol–water partition coefficient (Wildman–Crippen LogP) is 0.607. The highest BCUT2D eigenvalue weighted by Gasteiger charge is 2.54. The van der Waals surface area contributed by atoms with E-state index in [9.17, 15) is 49.8 Å². The summed E-state index contributed by atoms with van der Waals surface area (Å²) in [6.07, 6.45) is -5.09. The molecule has 18 nitrogen and oxygen atoms in total. The lowest BCUT2D eigenvalue weighted by Gasteiger charge is -2.47. The largest absolute Gasteiger partial charge is 0.479 e. The normalized spacial score (nSPS) is 29.6. The van der Waals surface area contributed by atoms with Crippen LogP contribution < -0.4 is 0 Å². The zero-order valence-corrected chi connectivity index (χ0v) is 31.6. The van der Waals surface area contributed by atoms with Crippen molar-refractivity contribution in [2.24, 2.45) is 0 Å². The van der Waals surface area contributed by atoms with Crippen LogP contribution in [-0.4, -0.2) is 153 Å². The number of carbonyl (C=O) groups is 4. The van der Waals surface area contributed by atoms with Gasteiger partial charge in [0.1, 0.15) is 43.2 Å². The molecule has 0 amide bonds. The summed E-state index contributed by atoms with van der Waals surface area (Å²) in [5.74, 6) is -3.57. The molecule has 0 radical (unpaired) electrons. The first kappa shape index (κ1) is 47.6. The van der Waals surface area contributed by atoms with Gasteiger partial charge in [-0.05, 0) is 12.8 Å². The molecule has 12 atom stereocenters. The van der Waals surface area contributed by atoms with Crippen molar-refractivity contribution in [3.05, 3.63) is 0 Å². The van der Waals surface area contributed by atoms with Gasteiger partial charge in [-0.15, -0.1) is 0 Å². The molecule has 0 aromatic carbocycles. The number of hydrogen-bond acceptors (Lipinski definition) is 17. The molecule has 2 heterocycles. The molecule has 54 heavy (non-hydrogen) atoms. The van der Waals surface area contributed by atoms with Crippen LogP contribution in [-0.2, 0) is 52.3 Å². The number of aliphatic hydroxyl groups excluding tert-OH is 6. The average molecular weight is 783 g/mol. The highest BCUT2D eigenvalue weighted by molar-refractivity contribution is 5.71. The van der Waals surface area contributed by atoms with Gasteiger partial charge in [-0.1, -0.05) is 77.0 Å². The molecule has 7 N–H and O–H groups in total. The van der Waals surface area contributed by atoms with E-state index in [4.69, 9.17) is 38.3 Å². The number of aliphatic hydroxyl groups is 6. The molecule has 0 aliphatic carbocycles. The van der Waals surface area contributed by atoms with Gasteiger partial charge in [0.2, 0.25) is 0 Å². The van der Waals surface area contributed by atoms with Gasteiger partial charge in [-0.25, -0.2) is 4.79 Å². The predicted molar refractivity (Wildman–Crippen MR) is 185 cm³/mol. The van der Waals surface area contributed by atoms with E-state index in [1.165, 1.54) is 0 Å². The highest BCUT2D eigenvalue weighted by atomic mass is 16.8. The van der Waals surface area contributed by atoms with Crippen molar-refractivity contribution in [1.82, 2.24) is 0 Å². The second kappa shape index (κ2) is 25.6. The molecule has 2 aliphatic heterocycles. The van der Waals surface area contributed by atoms with Gasteiger partial charge in [-0.2, -0.15) is 0 Å². The van der Waals surface area contributed by atoms with E-state index < -0.39 is 111 Å². The van der Waals surface area contributed by atoms with E-state index >= 15 is 0 Å². The summed E-state index contributed by atoms with van der Waals surface area (Å²) in [5, 5.41) is 71.0. The summed E-state index contributed by atoms with van der Waals surface area (Å²) in [6, 6.07) is 0. The fraction of sp³-hybridized carbons (Fsp3) is 0.889. The van der Waals surface area contributed by atoms with Gasteiger partial charge in [0.25, 0.3) is 0 Å². The molecule has 0 spiro atoms. The molecule has 18 heteroatoms. The SMILES string of the molecule is CC(=O)OCC1OC(OCC(O)CCCCCCCCCCCCCCC(O)C(=O)O)C(O)C(O)C1OC1OC(CO)C(O)C(OC(C)=O)C1OC(C)=O. The van der Waals surface area contributed by atoms with Crippen molar-refractivity contribution in [3.8, 4) is 0 Å². The first-order valence-electron chi connectivity index (χ1n) is 19.0. The van der Waals surface area contributed by atoms with Crippen LogP contribution in [0.25, 0.3) is 0 Å². The van der Waals surface area contributed by atoms with Crippen LogP contribution >= 0.6 is 0 Å². The number of esters is 3. The number of carboxylic acids is 1. The molecule has 0 aromatic heterocycles. The summed E-state index contributed by atoms with van der Waals surface area (Å²) >= 11 is 0. The number of unbranched alkanes of at least 4 members (excludes halogenated alkanes) is 11. The first-order chi connectivity index (χ1) is 25.7. The topological polar surface area (TPSA) is 274 Å². The van der Waals surface area contributed by atoms with Crippen LogP contribution in [0.1, 0.15) is 111 Å². The number of ether oxygens (including phenoxy) is 7. The first-order valence-corrected chi connectivity index (χ1v) is 19.0. The fourth-order valence-corrected chi connectivity index (χ4v) is 6.39. The van der Waals surface area contributed by atoms with Crippen molar-refractivity contribution in [2.75, 3.05) is 19.8 Å². The Balaban J connectivity index is 1.82. The maximum absolute atomic E-state index is 12.0. The van der Waals surface area contributed by atoms with Crippen molar-refractivity contribution in [1.29, 1.82) is 0 Å². The van der Waals surface area contributed by atoms with Gasteiger partial charge >= 0.3 is 23.9 Å². The third-order valence-electron chi connectivity index (χ3n) is 9.29. The zero-order valence-electron chi connectivity index (χ0n) is 31.6. The molecule has 2 aliphatic rings. The Kier molecular flexibility index (Phi) is 22.6. The minimum Gasteiger partial charge on any atom is -0.479 e. The average Bonchev–Trinajstić information content (AvgIpc) is 3.11. The lowest BCUT2D eigenvalue weighted by Crippen LogP contribution is -2.66. The molecule has 0 aromatic rings. The number of carboxylic acid groups (broad SMARTS) is 1. The van der Waals surface area contributed by atoms with Crippen molar-refractivity contribution >= 4 is 23.9 Å². The molecule has 0 saturated carbocycles. The van der Waals surface area contributed by atoms with Gasteiger partial charge < -0.3 is 68.9 Å². The molecular formula is C36H62O18. The molecule has 2 rings (SSSR count). The van der Waals surface area contributed by atoms with Crippen LogP contribution in [0.3, 0.4) is 0 Å². The molecule has 0 bridgehead atoms. The number of aliphatic carboxylic acids is 1. The van der Waals surface area contributed by atoms with E-state index in [-0.39, 0.29) is 6.61 Å². The zero-order chi connectivity index (χ0) is 40.2. The van der Waals surface area contributed by atoms with E-state index in [1.807, 2.05) is 0 Å². The summed E-state index contributed by atoms with van der Waals surface area (Å²) in [5.41, 5.74) is 0. The Labute approximate surface area is 316 Å². The number of rotatable bonds is 26. The monoisotopic (exact) mass is 782 g/mol. The van der Waals surface area contributed by atoms with Gasteiger partial charge in [0, 0.05) is 20.8 Å². The maximum Gasteiger partial charge on any atom is 0.332 e. The highest BCUT2D eigenvalue weighted by Crippen LogP contribution is 2.32. The Morgan fingerprint density at radius 3 is 1.61 bits per heavy atom. The van der Waals surface area contributed by atoms with Crippen molar-refractivity contribution < 1.29 is 88.1 Å². The van der Waals surface area contributed by atoms with Crippen LogP contribution in [0.4, 0.5) is 0 Å². The summed E-state index contributed by atoms with van der Waals surface area (Å²) < 4.78 is 38.5. The second-order valence-electron chi connectivity index (χ2n) is 14.0. The minimum atomic E-state index is -1.78. The van der Waals surface area contributed by atoms with E-state index in [2.05, 4.69) is 0 Å². The Morgan fingerprint density at radius 2 is 1.11 bits per heavy atom. The fourth-order valence-electron chi connectivity index (χ4n) is 6.39. The maximum atomic E-state index is 12.0. The smallest absolute Gasteiger partial charge is 0.332 e. The summed E-state index contributed by atoms with van der Waals surface area (Å²) in [4.78, 5) is 46.0. The van der Waals surface area contributed by atoms with Gasteiger partial charge in [0.15, 0.2) is 30.9 Å². The molecule has 2 saturated heterocycles. The summed E-state index contributed by atoms with van der Waals surface area (Å²) in [7, 11) is 0. The number of carbonyl (C=O) groups excluding carboxylic acids is 3. The minimum absolute atomic E-state index is 0.235. The van der Waals surface area contributed by atoms with Crippen molar-refractivity contribution in [3.63, 3.8) is 0 Å². The van der Waals surface area contributed by atoms with Gasteiger partial charge in [-0.3, -0.25) is 14.4 Å². The van der Waals surface area contributed by atoms with E-state index in [0.717, 1.165) is 91.4 Å². The third kappa shape index (κ3) is 17.1. The molecular weight excluding hydrogens is 720 g/mol.